The van der Waals surface area contributed by atoms with Gasteiger partial charge < -0.3 is 9.47 Å². The van der Waals surface area contributed by atoms with E-state index in [-0.39, 0.29) is 5.97 Å². The molecule has 0 spiro atoms. The Labute approximate surface area is 111 Å². The lowest BCUT2D eigenvalue weighted by atomic mass is 10.1. The summed E-state index contributed by atoms with van der Waals surface area (Å²) in [6, 6.07) is 7.56. The molecule has 0 bridgehead atoms. The summed E-state index contributed by atoms with van der Waals surface area (Å²) in [5, 5.41) is 0.943. The van der Waals surface area contributed by atoms with Gasteiger partial charge in [-0.25, -0.2) is 4.79 Å². The summed E-state index contributed by atoms with van der Waals surface area (Å²) in [6.45, 7) is 2.14. The number of rotatable bonds is 4. The Bertz CT molecular complexity index is 620. The van der Waals surface area contributed by atoms with Crippen molar-refractivity contribution >= 4 is 22.9 Å². The third-order valence-corrected chi connectivity index (χ3v) is 2.62. The molecule has 0 aliphatic heterocycles. The van der Waals surface area contributed by atoms with E-state index in [1.165, 1.54) is 6.08 Å². The Morgan fingerprint density at radius 3 is 3.00 bits per heavy atom. The number of aromatic nitrogens is 1. The first-order valence-corrected chi connectivity index (χ1v) is 6.02. The standard InChI is InChI=1S/C15H15NO3/c1-3-19-15(17)7-6-11-9-13-12(5-4-8-16-13)14(10-11)18-2/h4-10H,3H2,1-2H3/b7-6+. The molecule has 0 saturated heterocycles. The van der Waals surface area contributed by atoms with E-state index in [0.29, 0.717) is 6.61 Å². The van der Waals surface area contributed by atoms with Crippen molar-refractivity contribution < 1.29 is 14.3 Å². The van der Waals surface area contributed by atoms with Gasteiger partial charge in [0.25, 0.3) is 0 Å². The molecule has 4 nitrogen and oxygen atoms in total. The molecule has 1 heterocycles. The lowest BCUT2D eigenvalue weighted by Gasteiger charge is -2.06. The molecule has 19 heavy (non-hydrogen) atoms. The minimum atomic E-state index is -0.359. The van der Waals surface area contributed by atoms with Gasteiger partial charge in [-0.2, -0.15) is 0 Å². The molecule has 0 aliphatic rings. The molecule has 2 aromatic rings. The van der Waals surface area contributed by atoms with E-state index >= 15 is 0 Å². The minimum Gasteiger partial charge on any atom is -0.496 e. The monoisotopic (exact) mass is 257 g/mol. The summed E-state index contributed by atoms with van der Waals surface area (Å²) in [5.41, 5.74) is 1.67. The number of carbonyl (C=O) groups is 1. The highest BCUT2D eigenvalue weighted by Gasteiger charge is 2.04. The van der Waals surface area contributed by atoms with E-state index in [1.807, 2.05) is 24.3 Å². The van der Waals surface area contributed by atoms with Crippen molar-refractivity contribution in [3.63, 3.8) is 0 Å². The summed E-state index contributed by atoms with van der Waals surface area (Å²) < 4.78 is 10.2. The molecule has 0 amide bonds. The van der Waals surface area contributed by atoms with Crippen molar-refractivity contribution in [2.24, 2.45) is 0 Å². The van der Waals surface area contributed by atoms with Crippen molar-refractivity contribution in [3.8, 4) is 5.75 Å². The summed E-state index contributed by atoms with van der Waals surface area (Å²) in [4.78, 5) is 15.6. The fourth-order valence-electron chi connectivity index (χ4n) is 1.79. The van der Waals surface area contributed by atoms with E-state index in [1.54, 1.807) is 26.3 Å². The molecule has 0 unspecified atom stereocenters. The first kappa shape index (κ1) is 13.1. The van der Waals surface area contributed by atoms with Crippen LogP contribution in [0.4, 0.5) is 0 Å². The molecule has 98 valence electrons. The van der Waals surface area contributed by atoms with Gasteiger partial charge in [0.1, 0.15) is 5.75 Å². The fourth-order valence-corrected chi connectivity index (χ4v) is 1.79. The Hall–Kier alpha value is -2.36. The van der Waals surface area contributed by atoms with Crippen LogP contribution in [0.1, 0.15) is 12.5 Å². The number of ether oxygens (including phenoxy) is 2. The van der Waals surface area contributed by atoms with Gasteiger partial charge in [-0.15, -0.1) is 0 Å². The van der Waals surface area contributed by atoms with E-state index < -0.39 is 0 Å². The molecular formula is C15H15NO3. The van der Waals surface area contributed by atoms with Gasteiger partial charge in [-0.05, 0) is 42.8 Å². The summed E-state index contributed by atoms with van der Waals surface area (Å²) >= 11 is 0. The van der Waals surface area contributed by atoms with E-state index in [9.17, 15) is 4.79 Å². The molecule has 0 saturated carbocycles. The third-order valence-electron chi connectivity index (χ3n) is 2.62. The third kappa shape index (κ3) is 3.10. The molecule has 0 atom stereocenters. The van der Waals surface area contributed by atoms with Crippen LogP contribution in [0.5, 0.6) is 5.75 Å². The average Bonchev–Trinajstić information content (AvgIpc) is 2.44. The predicted molar refractivity (Wildman–Crippen MR) is 74.0 cm³/mol. The summed E-state index contributed by atoms with van der Waals surface area (Å²) in [6.07, 6.45) is 4.81. The van der Waals surface area contributed by atoms with E-state index in [4.69, 9.17) is 9.47 Å². The molecule has 1 aromatic heterocycles. The number of pyridine rings is 1. The highest BCUT2D eigenvalue weighted by Crippen LogP contribution is 2.26. The highest BCUT2D eigenvalue weighted by molar-refractivity contribution is 5.90. The van der Waals surface area contributed by atoms with Gasteiger partial charge in [-0.1, -0.05) is 0 Å². The number of esters is 1. The Morgan fingerprint density at radius 2 is 2.26 bits per heavy atom. The van der Waals surface area contributed by atoms with Crippen molar-refractivity contribution in [2.45, 2.75) is 6.92 Å². The maximum atomic E-state index is 11.3. The number of hydrogen-bond acceptors (Lipinski definition) is 4. The quantitative estimate of drug-likeness (QED) is 0.624. The van der Waals surface area contributed by atoms with Crippen molar-refractivity contribution in [1.29, 1.82) is 0 Å². The van der Waals surface area contributed by atoms with Crippen LogP contribution in [0.3, 0.4) is 0 Å². The molecule has 0 N–H and O–H groups in total. The zero-order valence-corrected chi connectivity index (χ0v) is 10.9. The normalized spacial score (nSPS) is 10.8. The molecule has 2 rings (SSSR count). The first-order valence-electron chi connectivity index (χ1n) is 6.02. The first-order chi connectivity index (χ1) is 9.24. The largest absolute Gasteiger partial charge is 0.496 e. The van der Waals surface area contributed by atoms with Crippen molar-refractivity contribution in [3.05, 3.63) is 42.1 Å². The second kappa shape index (κ2) is 6.00. The van der Waals surface area contributed by atoms with Gasteiger partial charge >= 0.3 is 5.97 Å². The Morgan fingerprint density at radius 1 is 1.42 bits per heavy atom. The zero-order valence-electron chi connectivity index (χ0n) is 10.9. The second-order valence-electron chi connectivity index (χ2n) is 3.88. The van der Waals surface area contributed by atoms with Gasteiger partial charge in [-0.3, -0.25) is 4.98 Å². The van der Waals surface area contributed by atoms with Gasteiger partial charge in [0.05, 0.1) is 19.2 Å². The van der Waals surface area contributed by atoms with Crippen LogP contribution >= 0.6 is 0 Å². The molecular weight excluding hydrogens is 242 g/mol. The molecule has 1 aromatic carbocycles. The minimum absolute atomic E-state index is 0.359. The topological polar surface area (TPSA) is 48.4 Å². The maximum Gasteiger partial charge on any atom is 0.330 e. The van der Waals surface area contributed by atoms with Crippen molar-refractivity contribution in [2.75, 3.05) is 13.7 Å². The second-order valence-corrected chi connectivity index (χ2v) is 3.88. The smallest absolute Gasteiger partial charge is 0.330 e. The predicted octanol–water partition coefficient (Wildman–Crippen LogP) is 2.82. The zero-order chi connectivity index (χ0) is 13.7. The molecule has 0 radical (unpaired) electrons. The molecule has 4 heteroatoms. The van der Waals surface area contributed by atoms with Crippen LogP contribution in [-0.4, -0.2) is 24.7 Å². The number of methoxy groups -OCH3 is 1. The van der Waals surface area contributed by atoms with Gasteiger partial charge in [0, 0.05) is 17.7 Å². The Balaban J connectivity index is 2.37. The number of carbonyl (C=O) groups excluding carboxylic acids is 1. The van der Waals surface area contributed by atoms with Crippen LogP contribution in [0.25, 0.3) is 17.0 Å². The SMILES string of the molecule is CCOC(=O)/C=C/c1cc(OC)c2cccnc2c1. The van der Waals surface area contributed by atoms with Crippen LogP contribution < -0.4 is 4.74 Å². The summed E-state index contributed by atoms with van der Waals surface area (Å²) in [7, 11) is 1.61. The van der Waals surface area contributed by atoms with Gasteiger partial charge in [0.2, 0.25) is 0 Å². The number of hydrogen-bond donors (Lipinski definition) is 0. The fraction of sp³-hybridized carbons (Fsp3) is 0.200. The van der Waals surface area contributed by atoms with Crippen LogP contribution in [0, 0.1) is 0 Å². The molecule has 0 fully saturated rings. The maximum absolute atomic E-state index is 11.3. The lowest BCUT2D eigenvalue weighted by Crippen LogP contribution is -1.98. The molecule has 0 aliphatic carbocycles. The Kier molecular flexibility index (Phi) is 4.13. The van der Waals surface area contributed by atoms with Crippen LogP contribution in [0.2, 0.25) is 0 Å². The summed E-state index contributed by atoms with van der Waals surface area (Å²) in [5.74, 6) is 0.372. The van der Waals surface area contributed by atoms with Crippen LogP contribution in [0.15, 0.2) is 36.5 Å². The lowest BCUT2D eigenvalue weighted by molar-refractivity contribution is -0.137. The van der Waals surface area contributed by atoms with Crippen LogP contribution in [-0.2, 0) is 9.53 Å². The van der Waals surface area contributed by atoms with E-state index in [0.717, 1.165) is 22.2 Å². The number of nitrogens with zero attached hydrogens (tertiary/aromatic N) is 1. The number of benzene rings is 1. The number of fused-ring (bicyclic) bond motifs is 1. The van der Waals surface area contributed by atoms with Crippen molar-refractivity contribution in [1.82, 2.24) is 4.98 Å². The van der Waals surface area contributed by atoms with Gasteiger partial charge in [0.15, 0.2) is 0 Å². The average molecular weight is 257 g/mol. The van der Waals surface area contributed by atoms with E-state index in [2.05, 4.69) is 4.98 Å². The highest BCUT2D eigenvalue weighted by atomic mass is 16.5.